The first-order valence-electron chi connectivity index (χ1n) is 10.5. The normalized spacial score (nSPS) is 11.1. The molecule has 3 heterocycles. The number of aromatic nitrogens is 3. The monoisotopic (exact) mass is 524 g/mol. The van der Waals surface area contributed by atoms with E-state index >= 15 is 0 Å². The van der Waals surface area contributed by atoms with Crippen LogP contribution in [0.2, 0.25) is 10.0 Å². The molecule has 0 radical (unpaired) electrons. The van der Waals surface area contributed by atoms with Crippen LogP contribution >= 0.6 is 34.5 Å². The lowest BCUT2D eigenvalue weighted by Gasteiger charge is -2.20. The van der Waals surface area contributed by atoms with Crippen LogP contribution in [0.3, 0.4) is 0 Å². The highest BCUT2D eigenvalue weighted by atomic mass is 35.5. The average molecular weight is 525 g/mol. The fourth-order valence-electron chi connectivity index (χ4n) is 3.72. The quantitative estimate of drug-likeness (QED) is 0.242. The Hall–Kier alpha value is -3.46. The van der Waals surface area contributed by atoms with E-state index in [0.717, 1.165) is 10.3 Å². The van der Waals surface area contributed by atoms with Gasteiger partial charge in [-0.3, -0.25) is 14.7 Å². The maximum atomic E-state index is 14.1. The largest absolute Gasteiger partial charge is 0.494 e. The predicted molar refractivity (Wildman–Crippen MR) is 138 cm³/mol. The molecular formula is C25H18Cl2N4O3S. The number of pyridine rings is 1. The summed E-state index contributed by atoms with van der Waals surface area (Å²) in [5.41, 5.74) is 2.68. The molecule has 0 atom stereocenters. The summed E-state index contributed by atoms with van der Waals surface area (Å²) in [6.07, 6.45) is 3.38. The highest BCUT2D eigenvalue weighted by Crippen LogP contribution is 2.40. The van der Waals surface area contributed by atoms with Crippen LogP contribution in [0.15, 0.2) is 65.4 Å². The number of hydrogen-bond acceptors (Lipinski definition) is 7. The number of thiazole rings is 1. The van der Waals surface area contributed by atoms with E-state index in [4.69, 9.17) is 37.4 Å². The number of amides is 1. The Morgan fingerprint density at radius 1 is 1.11 bits per heavy atom. The van der Waals surface area contributed by atoms with Crippen molar-refractivity contribution >= 4 is 55.8 Å². The number of ether oxygens (including phenoxy) is 1. The Morgan fingerprint density at radius 3 is 2.69 bits per heavy atom. The van der Waals surface area contributed by atoms with Crippen molar-refractivity contribution in [2.75, 3.05) is 12.0 Å². The zero-order chi connectivity index (χ0) is 24.5. The van der Waals surface area contributed by atoms with E-state index in [1.165, 1.54) is 11.3 Å². The second-order valence-electron chi connectivity index (χ2n) is 7.62. The SMILES string of the molecule is COc1ccc(Cl)c2sc(N(Cc3cccnc3)C(=O)c3c(-c4ccccc4Cl)noc3C)nc12. The van der Waals surface area contributed by atoms with E-state index < -0.39 is 0 Å². The second-order valence-corrected chi connectivity index (χ2v) is 9.41. The lowest BCUT2D eigenvalue weighted by Crippen LogP contribution is -2.31. The van der Waals surface area contributed by atoms with Crippen molar-refractivity contribution < 1.29 is 14.1 Å². The molecule has 5 rings (SSSR count). The van der Waals surface area contributed by atoms with Gasteiger partial charge in [0.15, 0.2) is 5.13 Å². The first-order chi connectivity index (χ1) is 17.0. The number of carbonyl (C=O) groups is 1. The number of aryl methyl sites for hydroxylation is 1. The van der Waals surface area contributed by atoms with Gasteiger partial charge in [-0.1, -0.05) is 64.0 Å². The number of rotatable bonds is 6. The molecule has 35 heavy (non-hydrogen) atoms. The fraction of sp³-hybridized carbons (Fsp3) is 0.120. The molecule has 0 saturated heterocycles. The summed E-state index contributed by atoms with van der Waals surface area (Å²) in [5.74, 6) is 0.605. The number of anilines is 1. The van der Waals surface area contributed by atoms with Gasteiger partial charge in [0.1, 0.15) is 28.3 Å². The van der Waals surface area contributed by atoms with Gasteiger partial charge in [0.2, 0.25) is 0 Å². The molecule has 0 aliphatic carbocycles. The molecule has 176 valence electrons. The third-order valence-electron chi connectivity index (χ3n) is 5.41. The van der Waals surface area contributed by atoms with Crippen LogP contribution in [-0.4, -0.2) is 28.1 Å². The van der Waals surface area contributed by atoms with E-state index in [2.05, 4.69) is 10.1 Å². The first-order valence-corrected chi connectivity index (χ1v) is 12.1. The number of hydrogen-bond donors (Lipinski definition) is 0. The molecule has 1 amide bonds. The summed E-state index contributed by atoms with van der Waals surface area (Å²) in [6, 6.07) is 14.4. The molecule has 0 N–H and O–H groups in total. The smallest absolute Gasteiger partial charge is 0.266 e. The van der Waals surface area contributed by atoms with E-state index in [-0.39, 0.29) is 12.5 Å². The van der Waals surface area contributed by atoms with Crippen molar-refractivity contribution in [2.45, 2.75) is 13.5 Å². The van der Waals surface area contributed by atoms with Crippen LogP contribution in [0.4, 0.5) is 5.13 Å². The van der Waals surface area contributed by atoms with Gasteiger partial charge in [-0.25, -0.2) is 4.98 Å². The summed E-state index contributed by atoms with van der Waals surface area (Å²) >= 11 is 14.2. The van der Waals surface area contributed by atoms with Gasteiger partial charge in [0.05, 0.1) is 28.4 Å². The molecule has 0 aliphatic heterocycles. The summed E-state index contributed by atoms with van der Waals surface area (Å²) in [5, 5.41) is 5.60. The van der Waals surface area contributed by atoms with Crippen LogP contribution in [0.1, 0.15) is 21.7 Å². The minimum atomic E-state index is -0.336. The van der Waals surface area contributed by atoms with E-state index in [1.807, 2.05) is 24.3 Å². The Kier molecular flexibility index (Phi) is 6.42. The molecule has 10 heteroatoms. The van der Waals surface area contributed by atoms with Gasteiger partial charge in [0.25, 0.3) is 5.91 Å². The third kappa shape index (κ3) is 4.36. The average Bonchev–Trinajstić information content (AvgIpc) is 3.48. The highest BCUT2D eigenvalue weighted by Gasteiger charge is 2.30. The van der Waals surface area contributed by atoms with Crippen molar-refractivity contribution in [3.63, 3.8) is 0 Å². The van der Waals surface area contributed by atoms with Crippen molar-refractivity contribution in [3.8, 4) is 17.0 Å². The number of nitrogens with zero attached hydrogens (tertiary/aromatic N) is 4. The number of fused-ring (bicyclic) bond motifs is 1. The standard InChI is InChI=1S/C25H18Cl2N4O3S/c1-14-20(21(30-34-14)16-7-3-4-8-17(16)26)24(32)31(13-15-6-5-11-28-12-15)25-29-22-19(33-2)10-9-18(27)23(22)35-25/h3-12H,13H2,1-2H3. The molecule has 3 aromatic heterocycles. The maximum Gasteiger partial charge on any atom is 0.266 e. The van der Waals surface area contributed by atoms with Gasteiger partial charge in [-0.05, 0) is 36.8 Å². The summed E-state index contributed by atoms with van der Waals surface area (Å²) in [4.78, 5) is 24.6. The predicted octanol–water partition coefficient (Wildman–Crippen LogP) is 6.82. The van der Waals surface area contributed by atoms with E-state index in [1.54, 1.807) is 55.6 Å². The molecule has 0 spiro atoms. The van der Waals surface area contributed by atoms with Crippen LogP contribution in [-0.2, 0) is 6.54 Å². The van der Waals surface area contributed by atoms with Crippen molar-refractivity contribution in [2.24, 2.45) is 0 Å². The minimum absolute atomic E-state index is 0.221. The van der Waals surface area contributed by atoms with Crippen LogP contribution in [0.5, 0.6) is 5.75 Å². The number of benzene rings is 2. The Morgan fingerprint density at radius 2 is 1.94 bits per heavy atom. The van der Waals surface area contributed by atoms with Crippen molar-refractivity contribution in [1.29, 1.82) is 0 Å². The van der Waals surface area contributed by atoms with Crippen molar-refractivity contribution in [1.82, 2.24) is 15.1 Å². The highest BCUT2D eigenvalue weighted by molar-refractivity contribution is 7.23. The van der Waals surface area contributed by atoms with Gasteiger partial charge in [-0.15, -0.1) is 0 Å². The van der Waals surface area contributed by atoms with Crippen molar-refractivity contribution in [3.05, 3.63) is 87.9 Å². The molecule has 0 fully saturated rings. The molecule has 0 bridgehead atoms. The summed E-state index contributed by atoms with van der Waals surface area (Å²) < 4.78 is 11.6. The Bertz CT molecular complexity index is 1530. The van der Waals surface area contributed by atoms with E-state index in [0.29, 0.717) is 49.0 Å². The number of halogens is 2. The lowest BCUT2D eigenvalue weighted by molar-refractivity contribution is 0.0984. The lowest BCUT2D eigenvalue weighted by atomic mass is 10.0. The number of carbonyl (C=O) groups excluding carboxylic acids is 1. The Balaban J connectivity index is 1.67. The van der Waals surface area contributed by atoms with Gasteiger partial charge in [0, 0.05) is 18.0 Å². The topological polar surface area (TPSA) is 81.4 Å². The van der Waals surface area contributed by atoms with Gasteiger partial charge >= 0.3 is 0 Å². The second kappa shape index (κ2) is 9.65. The summed E-state index contributed by atoms with van der Waals surface area (Å²) in [7, 11) is 1.57. The first kappa shape index (κ1) is 23.3. The molecule has 0 unspecified atom stereocenters. The Labute approximate surface area is 214 Å². The molecule has 5 aromatic rings. The molecule has 7 nitrogen and oxygen atoms in total. The maximum absolute atomic E-state index is 14.1. The number of methoxy groups -OCH3 is 1. The van der Waals surface area contributed by atoms with Gasteiger partial charge in [-0.2, -0.15) is 0 Å². The minimum Gasteiger partial charge on any atom is -0.494 e. The third-order valence-corrected chi connectivity index (χ3v) is 7.28. The zero-order valence-electron chi connectivity index (χ0n) is 18.7. The molecule has 0 saturated carbocycles. The summed E-state index contributed by atoms with van der Waals surface area (Å²) in [6.45, 7) is 1.92. The van der Waals surface area contributed by atoms with Crippen LogP contribution in [0, 0.1) is 6.92 Å². The molecule has 0 aliphatic rings. The molecular weight excluding hydrogens is 507 g/mol. The van der Waals surface area contributed by atoms with Crippen LogP contribution in [0.25, 0.3) is 21.5 Å². The van der Waals surface area contributed by atoms with E-state index in [9.17, 15) is 4.79 Å². The van der Waals surface area contributed by atoms with Gasteiger partial charge < -0.3 is 9.26 Å². The zero-order valence-corrected chi connectivity index (χ0v) is 21.0. The van der Waals surface area contributed by atoms with Crippen LogP contribution < -0.4 is 9.64 Å². The fourth-order valence-corrected chi connectivity index (χ4v) is 5.20. The molecule has 2 aromatic carbocycles.